The topological polar surface area (TPSA) is 84.4 Å². The first-order valence-electron chi connectivity index (χ1n) is 17.7. The van der Waals surface area contributed by atoms with Crippen molar-refractivity contribution in [3.05, 3.63) is 85.5 Å². The van der Waals surface area contributed by atoms with Gasteiger partial charge in [0.2, 0.25) is 11.8 Å². The van der Waals surface area contributed by atoms with Crippen LogP contribution in [0.4, 0.5) is 11.4 Å². The summed E-state index contributed by atoms with van der Waals surface area (Å²) in [4.78, 5) is 52.0. The van der Waals surface area contributed by atoms with Crippen LogP contribution in [0, 0.1) is 11.8 Å². The second kappa shape index (κ2) is 16.8. The standard InChI is InChI=1S/C39H51BrN4O4S/c1-5-22-42(27-28-16-12-11-13-17-28)36(46)32-33-37(47)44(24-14-9-10-15-25-45)35(39(33)26-31(40)34(32)49-39)38(48)43(23-6-2)30-20-18-29(19-21-30)41(7-3)8-4/h5-6,11-13,16-21,31-35,45H,1-2,7-10,14-15,22-27H2,3-4H3/t31?,32-,33+,34-,35?,39?/m1/s1. The number of unbranched alkanes of at least 4 members (excludes halogenated alkanes) is 3. The van der Waals surface area contributed by atoms with Crippen molar-refractivity contribution in [2.75, 3.05) is 49.1 Å². The number of aliphatic hydroxyl groups excluding tert-OH is 1. The van der Waals surface area contributed by atoms with Crippen LogP contribution in [0.3, 0.4) is 0 Å². The highest BCUT2D eigenvalue weighted by molar-refractivity contribution is 9.09. The van der Waals surface area contributed by atoms with E-state index >= 15 is 4.79 Å². The lowest BCUT2D eigenvalue weighted by molar-refractivity contribution is -0.144. The van der Waals surface area contributed by atoms with Gasteiger partial charge in [0.05, 0.1) is 16.6 Å². The van der Waals surface area contributed by atoms with E-state index in [2.05, 4.69) is 47.8 Å². The van der Waals surface area contributed by atoms with Crippen molar-refractivity contribution >= 4 is 56.8 Å². The lowest BCUT2D eigenvalue weighted by atomic mass is 9.70. The number of nitrogens with zero attached hydrogens (tertiary/aromatic N) is 4. The van der Waals surface area contributed by atoms with E-state index in [-0.39, 0.29) is 34.4 Å². The minimum atomic E-state index is -0.744. The third-order valence-electron chi connectivity index (χ3n) is 10.4. The lowest BCUT2D eigenvalue weighted by Crippen LogP contribution is -2.56. The number of likely N-dealkylation sites (tertiary alicyclic amines) is 1. The van der Waals surface area contributed by atoms with Gasteiger partial charge in [0.25, 0.3) is 5.91 Å². The van der Waals surface area contributed by atoms with Crippen LogP contribution in [0.5, 0.6) is 0 Å². The van der Waals surface area contributed by atoms with Gasteiger partial charge in [-0.1, -0.05) is 71.3 Å². The maximum Gasteiger partial charge on any atom is 0.251 e. The molecule has 264 valence electrons. The molecule has 5 rings (SSSR count). The number of hydrogen-bond acceptors (Lipinski definition) is 6. The summed E-state index contributed by atoms with van der Waals surface area (Å²) >= 11 is 5.60. The molecular formula is C39H51BrN4O4S. The molecule has 2 aromatic carbocycles. The molecule has 8 nitrogen and oxygen atoms in total. The number of aliphatic hydroxyl groups is 1. The first kappa shape index (κ1) is 37.2. The van der Waals surface area contributed by atoms with Crippen molar-refractivity contribution in [1.82, 2.24) is 9.80 Å². The zero-order chi connectivity index (χ0) is 35.1. The number of amides is 3. The van der Waals surface area contributed by atoms with E-state index in [0.717, 1.165) is 49.3 Å². The fourth-order valence-electron chi connectivity index (χ4n) is 8.11. The number of thioether (sulfide) groups is 1. The summed E-state index contributed by atoms with van der Waals surface area (Å²) in [7, 11) is 0. The minimum Gasteiger partial charge on any atom is -0.396 e. The summed E-state index contributed by atoms with van der Waals surface area (Å²) in [6.07, 6.45) is 7.22. The molecule has 10 heteroatoms. The molecule has 0 radical (unpaired) electrons. The van der Waals surface area contributed by atoms with Crippen molar-refractivity contribution in [3.8, 4) is 0 Å². The highest BCUT2D eigenvalue weighted by atomic mass is 79.9. The molecule has 6 atom stereocenters. The summed E-state index contributed by atoms with van der Waals surface area (Å²) in [5.41, 5.74) is 2.87. The zero-order valence-corrected chi connectivity index (χ0v) is 31.3. The third-order valence-corrected chi connectivity index (χ3v) is 13.6. The van der Waals surface area contributed by atoms with Gasteiger partial charge in [0.1, 0.15) is 6.04 Å². The first-order chi connectivity index (χ1) is 23.8. The molecule has 3 fully saturated rings. The van der Waals surface area contributed by atoms with Crippen molar-refractivity contribution in [3.63, 3.8) is 0 Å². The highest BCUT2D eigenvalue weighted by Crippen LogP contribution is 2.68. The quantitative estimate of drug-likeness (QED) is 0.110. The second-order valence-electron chi connectivity index (χ2n) is 13.3. The van der Waals surface area contributed by atoms with Crippen LogP contribution >= 0.6 is 27.7 Å². The Balaban J connectivity index is 1.51. The van der Waals surface area contributed by atoms with E-state index in [1.165, 1.54) is 0 Å². The molecule has 0 aliphatic carbocycles. The van der Waals surface area contributed by atoms with E-state index < -0.39 is 22.6 Å². The smallest absolute Gasteiger partial charge is 0.251 e. The fourth-order valence-corrected chi connectivity index (χ4v) is 11.7. The SMILES string of the molecule is C=CCN(Cc1ccccc1)C(=O)[C@H]1[C@@H]2SC3(CC2Br)C(C(=O)N(CC=C)c2ccc(N(CC)CC)cc2)N(CCCCCCO)C(=O)[C@H]13. The van der Waals surface area contributed by atoms with Crippen molar-refractivity contribution in [2.24, 2.45) is 11.8 Å². The van der Waals surface area contributed by atoms with Gasteiger partial charge in [0.15, 0.2) is 0 Å². The molecule has 49 heavy (non-hydrogen) atoms. The molecule has 3 heterocycles. The summed E-state index contributed by atoms with van der Waals surface area (Å²) < 4.78 is -0.744. The first-order valence-corrected chi connectivity index (χ1v) is 19.5. The number of halogens is 1. The van der Waals surface area contributed by atoms with Gasteiger partial charge in [-0.3, -0.25) is 14.4 Å². The summed E-state index contributed by atoms with van der Waals surface area (Å²) in [6, 6.07) is 17.2. The summed E-state index contributed by atoms with van der Waals surface area (Å²) in [5.74, 6) is -1.45. The van der Waals surface area contributed by atoms with Crippen LogP contribution in [0.25, 0.3) is 0 Å². The third kappa shape index (κ3) is 7.38. The average Bonchev–Trinajstić information content (AvgIpc) is 3.70. The van der Waals surface area contributed by atoms with Crippen molar-refractivity contribution in [2.45, 2.75) is 73.4 Å². The molecule has 0 aromatic heterocycles. The van der Waals surface area contributed by atoms with Gasteiger partial charge in [-0.15, -0.1) is 24.9 Å². The molecule has 3 unspecified atom stereocenters. The molecule has 2 bridgehead atoms. The number of fused-ring (bicyclic) bond motifs is 1. The van der Waals surface area contributed by atoms with Crippen LogP contribution < -0.4 is 9.80 Å². The molecule has 1 spiro atoms. The van der Waals surface area contributed by atoms with Gasteiger partial charge in [-0.2, -0.15) is 0 Å². The van der Waals surface area contributed by atoms with Crippen LogP contribution in [-0.4, -0.2) is 92.8 Å². The number of carbonyl (C=O) groups is 3. The maximum atomic E-state index is 15.0. The molecule has 3 aliphatic heterocycles. The monoisotopic (exact) mass is 750 g/mol. The predicted molar refractivity (Wildman–Crippen MR) is 204 cm³/mol. The second-order valence-corrected chi connectivity index (χ2v) is 16.0. The Kier molecular flexibility index (Phi) is 12.7. The zero-order valence-electron chi connectivity index (χ0n) is 28.9. The Labute approximate surface area is 304 Å². The average molecular weight is 752 g/mol. The van der Waals surface area contributed by atoms with Gasteiger partial charge < -0.3 is 24.7 Å². The normalized spacial score (nSPS) is 25.3. The van der Waals surface area contributed by atoms with Gasteiger partial charge in [-0.05, 0) is 62.9 Å². The Morgan fingerprint density at radius 2 is 1.61 bits per heavy atom. The summed E-state index contributed by atoms with van der Waals surface area (Å²) in [6.45, 7) is 15.6. The molecule has 3 aliphatic rings. The number of carbonyl (C=O) groups excluding carboxylic acids is 3. The molecule has 3 saturated heterocycles. The van der Waals surface area contributed by atoms with Crippen LogP contribution in [0.1, 0.15) is 51.5 Å². The number of rotatable bonds is 18. The molecule has 2 aromatic rings. The van der Waals surface area contributed by atoms with E-state index in [0.29, 0.717) is 39.0 Å². The van der Waals surface area contributed by atoms with Crippen molar-refractivity contribution < 1.29 is 19.5 Å². The summed E-state index contributed by atoms with van der Waals surface area (Å²) in [5, 5.41) is 9.18. The number of anilines is 2. The van der Waals surface area contributed by atoms with E-state index in [9.17, 15) is 14.7 Å². The molecule has 0 saturated carbocycles. The Bertz CT molecular complexity index is 1470. The van der Waals surface area contributed by atoms with Crippen molar-refractivity contribution in [1.29, 1.82) is 0 Å². The minimum absolute atomic E-state index is 0.0150. The van der Waals surface area contributed by atoms with Gasteiger partial charge in [-0.25, -0.2) is 0 Å². The number of benzene rings is 2. The van der Waals surface area contributed by atoms with Crippen LogP contribution in [0.2, 0.25) is 0 Å². The predicted octanol–water partition coefficient (Wildman–Crippen LogP) is 6.28. The molecule has 1 N–H and O–H groups in total. The van der Waals surface area contributed by atoms with E-state index in [1.807, 2.05) is 59.5 Å². The fraction of sp³-hybridized carbons (Fsp3) is 0.513. The molecular weight excluding hydrogens is 700 g/mol. The van der Waals surface area contributed by atoms with E-state index in [4.69, 9.17) is 0 Å². The molecule has 3 amide bonds. The van der Waals surface area contributed by atoms with Crippen LogP contribution in [0.15, 0.2) is 79.9 Å². The highest BCUT2D eigenvalue weighted by Gasteiger charge is 2.76. The Hall–Kier alpha value is -3.08. The van der Waals surface area contributed by atoms with Crippen LogP contribution in [-0.2, 0) is 20.9 Å². The van der Waals surface area contributed by atoms with E-state index in [1.54, 1.807) is 33.7 Å². The lowest BCUT2D eigenvalue weighted by Gasteiger charge is -2.38. The number of alkyl halides is 1. The Morgan fingerprint density at radius 3 is 2.24 bits per heavy atom. The van der Waals surface area contributed by atoms with Gasteiger partial charge in [0, 0.05) is 67.3 Å². The Morgan fingerprint density at radius 1 is 0.959 bits per heavy atom. The number of hydrogen-bond donors (Lipinski definition) is 1. The largest absolute Gasteiger partial charge is 0.396 e. The van der Waals surface area contributed by atoms with Gasteiger partial charge >= 0.3 is 0 Å². The maximum absolute atomic E-state index is 15.0.